The van der Waals surface area contributed by atoms with Gasteiger partial charge in [-0.3, -0.25) is 4.79 Å². The van der Waals surface area contributed by atoms with E-state index in [2.05, 4.69) is 10.0 Å². The summed E-state index contributed by atoms with van der Waals surface area (Å²) in [5.74, 6) is 1.82. The highest BCUT2D eigenvalue weighted by Crippen LogP contribution is 2.32. The molecule has 32 heavy (non-hydrogen) atoms. The molecule has 0 saturated heterocycles. The third-order valence-corrected chi connectivity index (χ3v) is 6.85. The molecule has 0 saturated carbocycles. The van der Waals surface area contributed by atoms with Crippen LogP contribution in [0.3, 0.4) is 0 Å². The predicted molar refractivity (Wildman–Crippen MR) is 124 cm³/mol. The monoisotopic (exact) mass is 480 g/mol. The van der Waals surface area contributed by atoms with E-state index in [-0.39, 0.29) is 18.0 Å². The molecule has 2 aromatic carbocycles. The zero-order valence-corrected chi connectivity index (χ0v) is 19.8. The smallest absolute Gasteiger partial charge is 0.241 e. The van der Waals surface area contributed by atoms with Crippen LogP contribution in [0.5, 0.6) is 17.2 Å². The van der Waals surface area contributed by atoms with Gasteiger partial charge in [0.15, 0.2) is 11.5 Å². The second-order valence-electron chi connectivity index (χ2n) is 7.21. The third kappa shape index (κ3) is 6.78. The van der Waals surface area contributed by atoms with Crippen LogP contribution >= 0.6 is 11.8 Å². The van der Waals surface area contributed by atoms with E-state index in [9.17, 15) is 13.2 Å². The molecule has 1 heterocycles. The fraction of sp³-hybridized carbons (Fsp3) is 0.409. The van der Waals surface area contributed by atoms with Gasteiger partial charge in [-0.25, -0.2) is 8.42 Å². The summed E-state index contributed by atoms with van der Waals surface area (Å²) in [5, 5.41) is 2.75. The summed E-state index contributed by atoms with van der Waals surface area (Å²) in [6, 6.07) is 11.1. The van der Waals surface area contributed by atoms with E-state index in [0.717, 1.165) is 5.56 Å². The van der Waals surface area contributed by atoms with Crippen molar-refractivity contribution < 1.29 is 27.4 Å². The molecule has 0 fully saturated rings. The molecule has 174 valence electrons. The number of amides is 1. The van der Waals surface area contributed by atoms with Crippen LogP contribution in [0.25, 0.3) is 0 Å². The summed E-state index contributed by atoms with van der Waals surface area (Å²) in [6.07, 6.45) is 2.26. The summed E-state index contributed by atoms with van der Waals surface area (Å²) in [7, 11) is -3.93. The fourth-order valence-corrected chi connectivity index (χ4v) is 4.74. The lowest BCUT2D eigenvalue weighted by molar-refractivity contribution is -0.122. The molecule has 0 bridgehead atoms. The van der Waals surface area contributed by atoms with E-state index in [0.29, 0.717) is 42.6 Å². The molecule has 8 nitrogen and oxygen atoms in total. The van der Waals surface area contributed by atoms with Gasteiger partial charge in [0.2, 0.25) is 15.9 Å². The van der Waals surface area contributed by atoms with E-state index in [1.165, 1.54) is 23.9 Å². The quantitative estimate of drug-likeness (QED) is 0.476. The van der Waals surface area contributed by atoms with Crippen molar-refractivity contribution in [1.29, 1.82) is 0 Å². The van der Waals surface area contributed by atoms with Gasteiger partial charge in [-0.05, 0) is 49.6 Å². The predicted octanol–water partition coefficient (Wildman–Crippen LogP) is 2.36. The molecule has 10 heteroatoms. The van der Waals surface area contributed by atoms with E-state index in [4.69, 9.17) is 14.2 Å². The molecule has 2 N–H and O–H groups in total. The van der Waals surface area contributed by atoms with Gasteiger partial charge in [0.1, 0.15) is 31.6 Å². The molecule has 1 aliphatic heterocycles. The highest BCUT2D eigenvalue weighted by molar-refractivity contribution is 7.98. The molecule has 3 rings (SSSR count). The van der Waals surface area contributed by atoms with Gasteiger partial charge in [0, 0.05) is 6.07 Å². The molecular formula is C22H28N2O6S2. The van der Waals surface area contributed by atoms with Crippen LogP contribution in [0.4, 0.5) is 0 Å². The molecule has 1 amide bonds. The Labute approximate surface area is 193 Å². The van der Waals surface area contributed by atoms with E-state index in [1.807, 2.05) is 37.4 Å². The van der Waals surface area contributed by atoms with Gasteiger partial charge < -0.3 is 19.5 Å². The minimum Gasteiger partial charge on any atom is -0.492 e. The summed E-state index contributed by atoms with van der Waals surface area (Å²) in [6.45, 7) is 3.30. The number of hydrogen-bond donors (Lipinski definition) is 2. The van der Waals surface area contributed by atoms with Gasteiger partial charge >= 0.3 is 0 Å². The lowest BCUT2D eigenvalue weighted by atomic mass is 10.2. The third-order valence-electron chi connectivity index (χ3n) is 4.74. The molecule has 2 aromatic rings. The van der Waals surface area contributed by atoms with Crippen LogP contribution in [0, 0.1) is 6.92 Å². The summed E-state index contributed by atoms with van der Waals surface area (Å²) in [4.78, 5) is 12.7. The number of aryl methyl sites for hydroxylation is 1. The van der Waals surface area contributed by atoms with Crippen molar-refractivity contribution in [2.75, 3.05) is 38.4 Å². The van der Waals surface area contributed by atoms with Crippen molar-refractivity contribution in [3.8, 4) is 17.2 Å². The maximum atomic E-state index is 12.9. The van der Waals surface area contributed by atoms with Crippen molar-refractivity contribution in [3.05, 3.63) is 48.0 Å². The van der Waals surface area contributed by atoms with Crippen LogP contribution in [0.1, 0.15) is 12.0 Å². The van der Waals surface area contributed by atoms with Crippen molar-refractivity contribution in [3.63, 3.8) is 0 Å². The zero-order valence-electron chi connectivity index (χ0n) is 18.1. The molecule has 0 aliphatic carbocycles. The van der Waals surface area contributed by atoms with E-state index in [1.54, 1.807) is 6.07 Å². The minimum atomic E-state index is -3.93. The lowest BCUT2D eigenvalue weighted by Crippen LogP contribution is -2.47. The molecule has 1 aliphatic rings. The maximum absolute atomic E-state index is 12.9. The van der Waals surface area contributed by atoms with E-state index >= 15 is 0 Å². The zero-order chi connectivity index (χ0) is 23.0. The number of carbonyl (C=O) groups is 1. The number of thioether (sulfide) groups is 1. The van der Waals surface area contributed by atoms with Gasteiger partial charge in [-0.15, -0.1) is 0 Å². The Morgan fingerprint density at radius 3 is 2.56 bits per heavy atom. The topological polar surface area (TPSA) is 103 Å². The molecule has 1 atom stereocenters. The minimum absolute atomic E-state index is 0.0198. The Morgan fingerprint density at radius 1 is 1.12 bits per heavy atom. The first-order chi connectivity index (χ1) is 15.4. The van der Waals surface area contributed by atoms with Crippen LogP contribution in [0.15, 0.2) is 47.4 Å². The average Bonchev–Trinajstić information content (AvgIpc) is 2.80. The first kappa shape index (κ1) is 24.2. The van der Waals surface area contributed by atoms with Crippen molar-refractivity contribution in [2.45, 2.75) is 24.3 Å². The number of rotatable bonds is 11. The molecule has 0 radical (unpaired) electrons. The summed E-state index contributed by atoms with van der Waals surface area (Å²) >= 11 is 1.54. The Kier molecular flexibility index (Phi) is 8.66. The number of fused-ring (bicyclic) bond motifs is 1. The second kappa shape index (κ2) is 11.4. The average molecular weight is 481 g/mol. The Balaban J connectivity index is 1.59. The first-order valence-corrected chi connectivity index (χ1v) is 13.1. The fourth-order valence-electron chi connectivity index (χ4n) is 3.03. The van der Waals surface area contributed by atoms with Crippen molar-refractivity contribution in [2.24, 2.45) is 0 Å². The number of ether oxygens (including phenoxy) is 3. The van der Waals surface area contributed by atoms with Crippen LogP contribution in [-0.2, 0) is 14.8 Å². The highest BCUT2D eigenvalue weighted by atomic mass is 32.2. The Bertz CT molecular complexity index is 1010. The Hall–Kier alpha value is -2.43. The van der Waals surface area contributed by atoms with Crippen molar-refractivity contribution in [1.82, 2.24) is 10.0 Å². The summed E-state index contributed by atoms with van der Waals surface area (Å²) in [5.41, 5.74) is 1.13. The maximum Gasteiger partial charge on any atom is 0.241 e. The lowest BCUT2D eigenvalue weighted by Gasteiger charge is -2.21. The number of sulfonamides is 1. The van der Waals surface area contributed by atoms with Gasteiger partial charge in [0.05, 0.1) is 11.4 Å². The number of carbonyl (C=O) groups excluding carboxylic acids is 1. The molecule has 1 unspecified atom stereocenters. The Morgan fingerprint density at radius 2 is 1.84 bits per heavy atom. The van der Waals surface area contributed by atoms with Gasteiger partial charge in [0.25, 0.3) is 0 Å². The first-order valence-electron chi connectivity index (χ1n) is 10.3. The normalized spacial score (nSPS) is 13.9. The molecule has 0 spiro atoms. The van der Waals surface area contributed by atoms with Gasteiger partial charge in [-0.1, -0.05) is 17.7 Å². The largest absolute Gasteiger partial charge is 0.492 e. The van der Waals surface area contributed by atoms with Crippen molar-refractivity contribution >= 4 is 27.7 Å². The SMILES string of the molecule is CSCCC(NS(=O)(=O)c1ccc2c(c1)OCCO2)C(=O)NCCOc1ccc(C)cc1. The van der Waals surface area contributed by atoms with Crippen LogP contribution in [0.2, 0.25) is 0 Å². The standard InChI is InChI=1S/C22H28N2O6S2/c1-16-3-5-17(6-4-16)28-11-10-23-22(25)19(9-14-31-2)24-32(26,27)18-7-8-20-21(15-18)30-13-12-29-20/h3-8,15,19,24H,9-14H2,1-2H3,(H,23,25). The molecule has 0 aromatic heterocycles. The number of nitrogens with one attached hydrogen (secondary N) is 2. The second-order valence-corrected chi connectivity index (χ2v) is 9.91. The van der Waals surface area contributed by atoms with Gasteiger partial charge in [-0.2, -0.15) is 16.5 Å². The van der Waals surface area contributed by atoms with E-state index < -0.39 is 22.0 Å². The van der Waals surface area contributed by atoms with Crippen LogP contribution < -0.4 is 24.2 Å². The highest BCUT2D eigenvalue weighted by Gasteiger charge is 2.26. The number of benzene rings is 2. The number of hydrogen-bond acceptors (Lipinski definition) is 7. The van der Waals surface area contributed by atoms with Crippen LogP contribution in [-0.4, -0.2) is 58.7 Å². The summed E-state index contributed by atoms with van der Waals surface area (Å²) < 4.78 is 44.9. The molecular weight excluding hydrogens is 452 g/mol.